The average molecular weight is 332 g/mol. The van der Waals surface area contributed by atoms with Gasteiger partial charge in [-0.2, -0.15) is 0 Å². The van der Waals surface area contributed by atoms with Crippen LogP contribution in [0.15, 0.2) is 28.7 Å². The molecule has 0 radical (unpaired) electrons. The van der Waals surface area contributed by atoms with E-state index < -0.39 is 0 Å². The quantitative estimate of drug-likeness (QED) is 0.695. The van der Waals surface area contributed by atoms with Crippen LogP contribution in [0.5, 0.6) is 0 Å². The van der Waals surface area contributed by atoms with Gasteiger partial charge in [-0.25, -0.2) is 0 Å². The minimum atomic E-state index is 0.434. The molecule has 0 spiro atoms. The Kier molecular flexibility index (Phi) is 3.56. The van der Waals surface area contributed by atoms with Crippen molar-refractivity contribution in [2.75, 3.05) is 5.33 Å². The molecule has 1 aromatic rings. The molecule has 1 aliphatic rings. The standard InChI is InChI=1S/C13H16Br2/c1-13(9-14,11-6-7-11)8-10-4-2-3-5-12(10)15/h2-5,11H,6-9H2,1H3. The summed E-state index contributed by atoms with van der Waals surface area (Å²) in [7, 11) is 0. The van der Waals surface area contributed by atoms with Gasteiger partial charge < -0.3 is 0 Å². The van der Waals surface area contributed by atoms with Crippen molar-refractivity contribution in [1.82, 2.24) is 0 Å². The number of halogens is 2. The molecule has 2 rings (SSSR count). The van der Waals surface area contributed by atoms with Crippen LogP contribution in [0.25, 0.3) is 0 Å². The van der Waals surface area contributed by atoms with Crippen LogP contribution in [0, 0.1) is 11.3 Å². The molecule has 82 valence electrons. The highest BCUT2D eigenvalue weighted by Gasteiger charge is 2.40. The summed E-state index contributed by atoms with van der Waals surface area (Å²) in [6.45, 7) is 2.40. The summed E-state index contributed by atoms with van der Waals surface area (Å²) in [5.41, 5.74) is 1.87. The molecule has 15 heavy (non-hydrogen) atoms. The van der Waals surface area contributed by atoms with Gasteiger partial charge in [-0.3, -0.25) is 0 Å². The predicted molar refractivity (Wildman–Crippen MR) is 72.5 cm³/mol. The van der Waals surface area contributed by atoms with Crippen molar-refractivity contribution in [2.45, 2.75) is 26.2 Å². The lowest BCUT2D eigenvalue weighted by molar-refractivity contribution is 0.318. The highest BCUT2D eigenvalue weighted by Crippen LogP contribution is 2.48. The molecule has 0 saturated heterocycles. The molecule has 0 N–H and O–H groups in total. The van der Waals surface area contributed by atoms with E-state index in [-0.39, 0.29) is 0 Å². The van der Waals surface area contributed by atoms with Crippen LogP contribution in [-0.4, -0.2) is 5.33 Å². The summed E-state index contributed by atoms with van der Waals surface area (Å²) in [5, 5.41) is 1.10. The summed E-state index contributed by atoms with van der Waals surface area (Å²) >= 11 is 7.31. The number of hydrogen-bond acceptors (Lipinski definition) is 0. The summed E-state index contributed by atoms with van der Waals surface area (Å²) in [5.74, 6) is 0.920. The maximum atomic E-state index is 3.68. The molecule has 0 amide bonds. The summed E-state index contributed by atoms with van der Waals surface area (Å²) < 4.78 is 1.25. The van der Waals surface area contributed by atoms with Crippen LogP contribution in [-0.2, 0) is 6.42 Å². The fourth-order valence-corrected chi connectivity index (χ4v) is 3.24. The van der Waals surface area contributed by atoms with E-state index in [0.29, 0.717) is 5.41 Å². The molecule has 0 aromatic heterocycles. The maximum absolute atomic E-state index is 3.68. The molecule has 1 unspecified atom stereocenters. The van der Waals surface area contributed by atoms with Gasteiger partial charge in [0.2, 0.25) is 0 Å². The molecular weight excluding hydrogens is 316 g/mol. The SMILES string of the molecule is CC(CBr)(Cc1ccccc1Br)C1CC1. The zero-order valence-corrected chi connectivity index (χ0v) is 12.1. The van der Waals surface area contributed by atoms with Crippen molar-refractivity contribution >= 4 is 31.9 Å². The monoisotopic (exact) mass is 330 g/mol. The first-order valence-electron chi connectivity index (χ1n) is 5.45. The van der Waals surface area contributed by atoms with Gasteiger partial charge in [-0.05, 0) is 42.2 Å². The Morgan fingerprint density at radius 2 is 2.00 bits per heavy atom. The minimum Gasteiger partial charge on any atom is -0.0922 e. The Labute approximate surface area is 109 Å². The van der Waals surface area contributed by atoms with E-state index in [9.17, 15) is 0 Å². The maximum Gasteiger partial charge on any atom is 0.0207 e. The summed E-state index contributed by atoms with van der Waals surface area (Å²) in [4.78, 5) is 0. The van der Waals surface area contributed by atoms with Gasteiger partial charge in [0.1, 0.15) is 0 Å². The van der Waals surface area contributed by atoms with Crippen LogP contribution in [0.3, 0.4) is 0 Å². The topological polar surface area (TPSA) is 0 Å². The minimum absolute atomic E-state index is 0.434. The molecule has 1 atom stereocenters. The van der Waals surface area contributed by atoms with Crippen molar-refractivity contribution in [1.29, 1.82) is 0 Å². The second-order valence-electron chi connectivity index (χ2n) is 4.83. The highest BCUT2D eigenvalue weighted by atomic mass is 79.9. The molecule has 2 heteroatoms. The van der Waals surface area contributed by atoms with Gasteiger partial charge in [0.25, 0.3) is 0 Å². The molecular formula is C13H16Br2. The predicted octanol–water partition coefficient (Wildman–Crippen LogP) is 4.80. The van der Waals surface area contributed by atoms with Gasteiger partial charge in [-0.15, -0.1) is 0 Å². The molecule has 1 aliphatic carbocycles. The number of hydrogen-bond donors (Lipinski definition) is 0. The zero-order valence-electron chi connectivity index (χ0n) is 8.97. The van der Waals surface area contributed by atoms with Crippen LogP contribution >= 0.6 is 31.9 Å². The van der Waals surface area contributed by atoms with Crippen molar-refractivity contribution in [3.8, 4) is 0 Å². The first-order valence-corrected chi connectivity index (χ1v) is 7.36. The van der Waals surface area contributed by atoms with E-state index >= 15 is 0 Å². The van der Waals surface area contributed by atoms with Crippen molar-refractivity contribution < 1.29 is 0 Å². The third-order valence-corrected chi connectivity index (χ3v) is 5.47. The fourth-order valence-electron chi connectivity index (χ4n) is 2.16. The molecule has 1 aromatic carbocycles. The lowest BCUT2D eigenvalue weighted by atomic mass is 9.81. The second-order valence-corrected chi connectivity index (χ2v) is 6.25. The van der Waals surface area contributed by atoms with Crippen molar-refractivity contribution in [2.24, 2.45) is 11.3 Å². The summed E-state index contributed by atoms with van der Waals surface area (Å²) in [6.07, 6.45) is 3.99. The molecule has 1 fully saturated rings. The van der Waals surface area contributed by atoms with Gasteiger partial charge in [-0.1, -0.05) is 57.0 Å². The first kappa shape index (κ1) is 11.7. The van der Waals surface area contributed by atoms with E-state index in [1.807, 2.05) is 0 Å². The number of alkyl halides is 1. The van der Waals surface area contributed by atoms with E-state index in [2.05, 4.69) is 63.0 Å². The third-order valence-electron chi connectivity index (χ3n) is 3.42. The van der Waals surface area contributed by atoms with E-state index in [1.165, 1.54) is 29.3 Å². The highest BCUT2D eigenvalue weighted by molar-refractivity contribution is 9.10. The molecule has 0 aliphatic heterocycles. The second kappa shape index (κ2) is 4.58. The van der Waals surface area contributed by atoms with E-state index in [0.717, 1.165) is 11.2 Å². The van der Waals surface area contributed by atoms with Gasteiger partial charge >= 0.3 is 0 Å². The van der Waals surface area contributed by atoms with Crippen molar-refractivity contribution in [3.05, 3.63) is 34.3 Å². The Morgan fingerprint density at radius 3 is 2.53 bits per heavy atom. The van der Waals surface area contributed by atoms with E-state index in [4.69, 9.17) is 0 Å². The largest absolute Gasteiger partial charge is 0.0922 e. The van der Waals surface area contributed by atoms with Crippen LogP contribution in [0.4, 0.5) is 0 Å². The zero-order chi connectivity index (χ0) is 10.9. The Balaban J connectivity index is 2.16. The fraction of sp³-hybridized carbons (Fsp3) is 0.538. The lowest BCUT2D eigenvalue weighted by Crippen LogP contribution is -2.24. The number of benzene rings is 1. The van der Waals surface area contributed by atoms with Crippen molar-refractivity contribution in [3.63, 3.8) is 0 Å². The lowest BCUT2D eigenvalue weighted by Gasteiger charge is -2.28. The normalized spacial score (nSPS) is 19.9. The van der Waals surface area contributed by atoms with Crippen LogP contribution in [0.1, 0.15) is 25.3 Å². The molecule has 1 saturated carbocycles. The summed E-state index contributed by atoms with van der Waals surface area (Å²) in [6, 6.07) is 8.57. The van der Waals surface area contributed by atoms with Gasteiger partial charge in [0.05, 0.1) is 0 Å². The van der Waals surface area contributed by atoms with Gasteiger partial charge in [0.15, 0.2) is 0 Å². The number of rotatable bonds is 4. The van der Waals surface area contributed by atoms with E-state index in [1.54, 1.807) is 0 Å². The first-order chi connectivity index (χ1) is 7.15. The Bertz CT molecular complexity index is 344. The Morgan fingerprint density at radius 1 is 1.33 bits per heavy atom. The third kappa shape index (κ3) is 2.65. The molecule has 0 bridgehead atoms. The Hall–Kier alpha value is 0.180. The molecule has 0 heterocycles. The van der Waals surface area contributed by atoms with Gasteiger partial charge in [0, 0.05) is 9.80 Å². The van der Waals surface area contributed by atoms with Crippen LogP contribution in [0.2, 0.25) is 0 Å². The smallest absolute Gasteiger partial charge is 0.0207 e. The molecule has 0 nitrogen and oxygen atoms in total. The van der Waals surface area contributed by atoms with Crippen LogP contribution < -0.4 is 0 Å². The average Bonchev–Trinajstić information content (AvgIpc) is 3.05.